The van der Waals surface area contributed by atoms with Crippen LogP contribution in [0.25, 0.3) is 11.2 Å². The predicted octanol–water partition coefficient (Wildman–Crippen LogP) is 1.75. The van der Waals surface area contributed by atoms with Crippen LogP contribution in [0.4, 0.5) is 10.2 Å². The van der Waals surface area contributed by atoms with Crippen LogP contribution in [0.1, 0.15) is 31.7 Å². The van der Waals surface area contributed by atoms with Crippen molar-refractivity contribution in [2.75, 3.05) is 19.1 Å². The van der Waals surface area contributed by atoms with Crippen molar-refractivity contribution in [2.24, 2.45) is 0 Å². The fourth-order valence-electron chi connectivity index (χ4n) is 3.33. The SMILES string of the molecule is CC(C)(O)C(=O)NCCCn1c(Cc2cc3c(cc2I)OCO3)nc2c(N)nc(F)nc21. The van der Waals surface area contributed by atoms with Gasteiger partial charge in [0.25, 0.3) is 5.91 Å². The minimum absolute atomic E-state index is 0.0387. The zero-order valence-electron chi connectivity index (χ0n) is 17.5. The van der Waals surface area contributed by atoms with Crippen molar-refractivity contribution in [1.82, 2.24) is 24.8 Å². The molecule has 0 atom stereocenters. The highest BCUT2D eigenvalue weighted by Gasteiger charge is 2.23. The van der Waals surface area contributed by atoms with Crippen molar-refractivity contribution in [3.8, 4) is 11.5 Å². The van der Waals surface area contributed by atoms with Crippen molar-refractivity contribution in [2.45, 2.75) is 38.8 Å². The fraction of sp³-hybridized carbons (Fsp3) is 0.400. The highest BCUT2D eigenvalue weighted by molar-refractivity contribution is 14.1. The Kier molecular flexibility index (Phi) is 6.07. The van der Waals surface area contributed by atoms with Crippen molar-refractivity contribution in [3.63, 3.8) is 0 Å². The lowest BCUT2D eigenvalue weighted by molar-refractivity contribution is -0.136. The lowest BCUT2D eigenvalue weighted by atomic mass is 10.1. The third-order valence-corrected chi connectivity index (χ3v) is 5.97. The van der Waals surface area contributed by atoms with Crippen LogP contribution in [-0.4, -0.2) is 49.5 Å². The number of aryl methyl sites for hydroxylation is 1. The number of aromatic nitrogens is 4. The van der Waals surface area contributed by atoms with Crippen LogP contribution in [0.2, 0.25) is 0 Å². The number of nitrogens with two attached hydrogens (primary N) is 1. The van der Waals surface area contributed by atoms with Crippen LogP contribution in [0.5, 0.6) is 11.5 Å². The van der Waals surface area contributed by atoms with Crippen molar-refractivity contribution in [3.05, 3.63) is 33.2 Å². The van der Waals surface area contributed by atoms with Crippen molar-refractivity contribution >= 4 is 45.5 Å². The molecule has 1 aromatic carbocycles. The summed E-state index contributed by atoms with van der Waals surface area (Å²) in [6.45, 7) is 3.72. The van der Waals surface area contributed by atoms with Gasteiger partial charge in [-0.05, 0) is 60.6 Å². The standard InChI is InChI=1S/C20H22FIN6O4/c1-20(2,30)18(29)24-4-3-5-28-14(25-15-16(23)26-19(21)27-17(15)28)7-10-6-12-13(8-11(10)22)32-9-31-12/h6,8,30H,3-5,7,9H2,1-2H3,(H,24,29)(H2,23,26,27). The third kappa shape index (κ3) is 4.55. The van der Waals surface area contributed by atoms with E-state index in [0.717, 1.165) is 9.13 Å². The second-order valence-corrected chi connectivity index (χ2v) is 9.03. The molecule has 0 bridgehead atoms. The molecule has 4 N–H and O–H groups in total. The second kappa shape index (κ2) is 8.65. The summed E-state index contributed by atoms with van der Waals surface area (Å²) in [6.07, 6.45) is -0.0115. The Labute approximate surface area is 196 Å². The van der Waals surface area contributed by atoms with Gasteiger partial charge in [0.15, 0.2) is 28.5 Å². The van der Waals surface area contributed by atoms with Crippen LogP contribution in [0.15, 0.2) is 12.1 Å². The first-order chi connectivity index (χ1) is 15.1. The maximum absolute atomic E-state index is 13.9. The Bertz CT molecular complexity index is 1190. The van der Waals surface area contributed by atoms with Gasteiger partial charge in [0, 0.05) is 23.1 Å². The minimum atomic E-state index is -1.46. The number of hydrogen-bond acceptors (Lipinski definition) is 8. The van der Waals surface area contributed by atoms with E-state index in [4.69, 9.17) is 15.2 Å². The zero-order valence-corrected chi connectivity index (χ0v) is 19.6. The van der Waals surface area contributed by atoms with Crippen molar-refractivity contribution in [1.29, 1.82) is 0 Å². The van der Waals surface area contributed by atoms with Gasteiger partial charge >= 0.3 is 6.08 Å². The number of fused-ring (bicyclic) bond motifs is 2. The summed E-state index contributed by atoms with van der Waals surface area (Å²) < 4.78 is 27.5. The van der Waals surface area contributed by atoms with Gasteiger partial charge in [0.1, 0.15) is 11.4 Å². The van der Waals surface area contributed by atoms with Crippen LogP contribution in [0.3, 0.4) is 0 Å². The highest BCUT2D eigenvalue weighted by Crippen LogP contribution is 2.36. The van der Waals surface area contributed by atoms with E-state index < -0.39 is 17.6 Å². The van der Waals surface area contributed by atoms with E-state index in [9.17, 15) is 14.3 Å². The van der Waals surface area contributed by atoms with Gasteiger partial charge in [-0.2, -0.15) is 14.4 Å². The molecule has 0 unspecified atom stereocenters. The molecule has 1 amide bonds. The highest BCUT2D eigenvalue weighted by atomic mass is 127. The number of nitrogens with zero attached hydrogens (tertiary/aromatic N) is 4. The summed E-state index contributed by atoms with van der Waals surface area (Å²) in [7, 11) is 0. The molecule has 3 heterocycles. The average molecular weight is 556 g/mol. The van der Waals surface area contributed by atoms with E-state index in [1.165, 1.54) is 13.8 Å². The number of carbonyl (C=O) groups excluding carboxylic acids is 1. The summed E-state index contributed by atoms with van der Waals surface area (Å²) in [5.41, 5.74) is 5.98. The van der Waals surface area contributed by atoms with Gasteiger partial charge in [0.05, 0.1) is 0 Å². The van der Waals surface area contributed by atoms with E-state index >= 15 is 0 Å². The summed E-state index contributed by atoms with van der Waals surface area (Å²) in [5.74, 6) is 1.45. The topological polar surface area (TPSA) is 137 Å². The smallest absolute Gasteiger partial charge is 0.312 e. The monoisotopic (exact) mass is 556 g/mol. The largest absolute Gasteiger partial charge is 0.454 e. The molecule has 32 heavy (non-hydrogen) atoms. The number of nitrogens with one attached hydrogen (secondary N) is 1. The number of anilines is 1. The first kappa shape index (κ1) is 22.5. The van der Waals surface area contributed by atoms with Crippen LogP contribution >= 0.6 is 22.6 Å². The number of amides is 1. The lowest BCUT2D eigenvalue weighted by Gasteiger charge is -2.17. The van der Waals surface area contributed by atoms with Gasteiger partial charge in [-0.3, -0.25) is 4.79 Å². The first-order valence-electron chi connectivity index (χ1n) is 9.90. The molecule has 2 aromatic heterocycles. The molecule has 0 fully saturated rings. The van der Waals surface area contributed by atoms with Gasteiger partial charge in [-0.1, -0.05) is 0 Å². The Morgan fingerprint density at radius 1 is 1.31 bits per heavy atom. The Morgan fingerprint density at radius 2 is 2.03 bits per heavy atom. The molecule has 170 valence electrons. The Balaban J connectivity index is 1.62. The Morgan fingerprint density at radius 3 is 2.75 bits per heavy atom. The number of hydrogen-bond donors (Lipinski definition) is 3. The van der Waals surface area contributed by atoms with Gasteiger partial charge in [-0.15, -0.1) is 0 Å². The number of aliphatic hydroxyl groups is 1. The molecule has 1 aliphatic heterocycles. The second-order valence-electron chi connectivity index (χ2n) is 7.87. The number of halogens is 2. The van der Waals surface area contributed by atoms with Crippen molar-refractivity contribution < 1.29 is 23.8 Å². The van der Waals surface area contributed by atoms with E-state index in [-0.39, 0.29) is 18.3 Å². The van der Waals surface area contributed by atoms with Crippen LogP contribution < -0.4 is 20.5 Å². The quantitative estimate of drug-likeness (QED) is 0.228. The lowest BCUT2D eigenvalue weighted by Crippen LogP contribution is -2.42. The van der Waals surface area contributed by atoms with E-state index in [1.807, 2.05) is 12.1 Å². The minimum Gasteiger partial charge on any atom is -0.454 e. The fourth-order valence-corrected chi connectivity index (χ4v) is 3.96. The predicted molar refractivity (Wildman–Crippen MR) is 122 cm³/mol. The van der Waals surface area contributed by atoms with Crippen LogP contribution in [-0.2, 0) is 17.8 Å². The first-order valence-corrected chi connectivity index (χ1v) is 11.0. The summed E-state index contributed by atoms with van der Waals surface area (Å²) in [6, 6.07) is 3.79. The molecular weight excluding hydrogens is 534 g/mol. The summed E-state index contributed by atoms with van der Waals surface area (Å²) >= 11 is 2.22. The molecule has 0 spiro atoms. The van der Waals surface area contributed by atoms with E-state index in [0.29, 0.717) is 48.8 Å². The van der Waals surface area contributed by atoms with Gasteiger partial charge < -0.3 is 30.2 Å². The van der Waals surface area contributed by atoms with Gasteiger partial charge in [0.2, 0.25) is 6.79 Å². The molecule has 4 rings (SSSR count). The molecule has 3 aromatic rings. The number of imidazole rings is 1. The normalized spacial score (nSPS) is 13.0. The summed E-state index contributed by atoms with van der Waals surface area (Å²) in [4.78, 5) is 23.9. The average Bonchev–Trinajstić information content (AvgIpc) is 3.29. The number of carbonyl (C=O) groups is 1. The molecule has 0 aliphatic carbocycles. The molecule has 0 saturated carbocycles. The van der Waals surface area contributed by atoms with Gasteiger partial charge in [-0.25, -0.2) is 4.98 Å². The number of nitrogen functional groups attached to an aromatic ring is 1. The molecule has 0 radical (unpaired) electrons. The molecule has 0 saturated heterocycles. The van der Waals surface area contributed by atoms with Crippen LogP contribution in [0, 0.1) is 9.65 Å². The molecular formula is C20H22FIN6O4. The zero-order chi connectivity index (χ0) is 23.0. The maximum Gasteiger partial charge on any atom is 0.312 e. The molecule has 12 heteroatoms. The van der Waals surface area contributed by atoms with E-state index in [1.54, 1.807) is 4.57 Å². The number of benzene rings is 1. The third-order valence-electron chi connectivity index (χ3n) is 4.96. The maximum atomic E-state index is 13.9. The summed E-state index contributed by atoms with van der Waals surface area (Å²) in [5, 5.41) is 12.4. The molecule has 10 nitrogen and oxygen atoms in total. The van der Waals surface area contributed by atoms with E-state index in [2.05, 4.69) is 42.9 Å². The number of rotatable bonds is 7. The Hall–Kier alpha value is -2.74. The molecule has 1 aliphatic rings. The number of ether oxygens (including phenoxy) is 2.